The van der Waals surface area contributed by atoms with Gasteiger partial charge in [0.25, 0.3) is 0 Å². The quantitative estimate of drug-likeness (QED) is 0.470. The van der Waals surface area contributed by atoms with Crippen LogP contribution in [0.25, 0.3) is 0 Å². The summed E-state index contributed by atoms with van der Waals surface area (Å²) in [7, 11) is 0. The molecule has 0 bridgehead atoms. The van der Waals surface area contributed by atoms with E-state index in [-0.39, 0.29) is 94.1 Å². The van der Waals surface area contributed by atoms with Gasteiger partial charge in [-0.3, -0.25) is 0 Å². The van der Waals surface area contributed by atoms with E-state index in [0.717, 1.165) is 0 Å². The summed E-state index contributed by atoms with van der Waals surface area (Å²) in [6.07, 6.45) is 0. The Morgan fingerprint density at radius 3 is 1.00 bits per heavy atom. The first kappa shape index (κ1) is 44.1. The Bertz CT molecular complexity index is 11.6. The molecule has 0 spiro atoms. The van der Waals surface area contributed by atoms with Crippen molar-refractivity contribution >= 4 is 17.4 Å². The second kappa shape index (κ2) is 28.3. The summed E-state index contributed by atoms with van der Waals surface area (Å²) in [6.45, 7) is 0. The van der Waals surface area contributed by atoms with Crippen molar-refractivity contribution in [1.82, 2.24) is 0 Å². The van der Waals surface area contributed by atoms with Crippen LogP contribution in [0, 0.1) is 0 Å². The summed E-state index contributed by atoms with van der Waals surface area (Å²) in [5.74, 6) is 0. The molecule has 0 aliphatic rings. The van der Waals surface area contributed by atoms with Crippen molar-refractivity contribution in [3.8, 4) is 0 Å². The minimum atomic E-state index is 0. The minimum Gasteiger partial charge on any atom is 0 e. The largest absolute Gasteiger partial charge is 0.187 e. The van der Waals surface area contributed by atoms with Gasteiger partial charge in [0.1, 0.15) is 0 Å². The van der Waals surface area contributed by atoms with E-state index >= 15 is 0 Å². The molecule has 0 aromatic heterocycles. The fourth-order valence-electron chi connectivity index (χ4n) is 0. The fourth-order valence-corrected chi connectivity index (χ4v) is 0. The van der Waals surface area contributed by atoms with Crippen LogP contribution in [-0.4, -0.2) is 17.4 Å². The molecule has 0 atom stereocenters. The van der Waals surface area contributed by atoms with E-state index in [4.69, 9.17) is 0 Å². The second-order valence-electron chi connectivity index (χ2n) is 0. The number of rotatable bonds is 0. The molecule has 5 heteroatoms. The van der Waals surface area contributed by atoms with E-state index < -0.39 is 0 Å². The summed E-state index contributed by atoms with van der Waals surface area (Å²) in [6, 6.07) is 0. The first-order valence-corrected chi connectivity index (χ1v) is 0. The summed E-state index contributed by atoms with van der Waals surface area (Å²) in [4.78, 5) is 0. The van der Waals surface area contributed by atoms with Crippen molar-refractivity contribution in [3.63, 3.8) is 0 Å². The summed E-state index contributed by atoms with van der Waals surface area (Å²) in [5, 5.41) is 0. The topological polar surface area (TPSA) is 0 Å². The van der Waals surface area contributed by atoms with Gasteiger partial charge in [0.05, 0.1) is 0 Å². The molecule has 3 radical (unpaired) electrons. The van der Waals surface area contributed by atoms with Gasteiger partial charge in [0.2, 0.25) is 0 Å². The van der Waals surface area contributed by atoms with Crippen LogP contribution < -0.4 is 0 Å². The third kappa shape index (κ3) is 19.6. The van der Waals surface area contributed by atoms with Gasteiger partial charge in [-0.15, -0.1) is 0 Å². The van der Waals surface area contributed by atoms with Gasteiger partial charge in [-0.2, -0.15) is 0 Å². The molecule has 0 N–H and O–H groups in total. The molecule has 0 heterocycles. The zero-order valence-corrected chi connectivity index (χ0v) is 6.77. The molecule has 33 valence electrons. The molecule has 0 fully saturated rings. The van der Waals surface area contributed by atoms with Gasteiger partial charge in [-0.25, -0.2) is 0 Å². The first-order valence-electron chi connectivity index (χ1n) is 0. The van der Waals surface area contributed by atoms with E-state index in [0.29, 0.717) is 0 Å². The Kier molecular flexibility index (Phi) is 250. The van der Waals surface area contributed by atoms with Gasteiger partial charge in [-0.05, 0) is 0 Å². The van der Waals surface area contributed by atoms with Gasteiger partial charge in [-0.1, -0.05) is 0 Å². The third-order valence-corrected chi connectivity index (χ3v) is 0. The molecule has 0 aliphatic heterocycles. The molecule has 0 saturated heterocycles. The van der Waals surface area contributed by atoms with Crippen molar-refractivity contribution in [2.24, 2.45) is 0 Å². The van der Waals surface area contributed by atoms with Crippen molar-refractivity contribution in [1.29, 1.82) is 0 Å². The van der Waals surface area contributed by atoms with E-state index in [1.54, 1.807) is 0 Å². The molecule has 0 rings (SSSR count). The van der Waals surface area contributed by atoms with Crippen LogP contribution in [0.5, 0.6) is 0 Å². The molecule has 0 saturated carbocycles. The molecule has 0 nitrogen and oxygen atoms in total. The SMILES string of the molecule is [AlH3].[Co].[Fe].[Mn].[Sc]. The Labute approximate surface area is 92.7 Å². The Morgan fingerprint density at radius 2 is 1.00 bits per heavy atom. The Balaban J connectivity index is 0. The van der Waals surface area contributed by atoms with E-state index in [9.17, 15) is 0 Å². The zero-order chi connectivity index (χ0) is 0. The molecular weight excluding hydrogens is 242 g/mol. The number of hydrogen-bond donors (Lipinski definition) is 0. The van der Waals surface area contributed by atoms with Crippen molar-refractivity contribution < 1.29 is 76.8 Å². The van der Waals surface area contributed by atoms with Gasteiger partial charge >= 0.3 is 0 Å². The fraction of sp³-hybridized carbons (Fsp3) is 0. The van der Waals surface area contributed by atoms with Gasteiger partial charge in [0, 0.05) is 76.8 Å². The Hall–Kier alpha value is 2.95. The van der Waals surface area contributed by atoms with Crippen molar-refractivity contribution in [2.45, 2.75) is 0 Å². The van der Waals surface area contributed by atoms with Crippen LogP contribution in [0.2, 0.25) is 0 Å². The maximum Gasteiger partial charge on any atom is 0.187 e. The predicted molar refractivity (Wildman–Crippen MR) is 9.94 cm³/mol. The summed E-state index contributed by atoms with van der Waals surface area (Å²) in [5.41, 5.74) is 0. The van der Waals surface area contributed by atoms with Crippen LogP contribution in [0.15, 0.2) is 0 Å². The summed E-state index contributed by atoms with van der Waals surface area (Å²) >= 11 is 0. The summed E-state index contributed by atoms with van der Waals surface area (Å²) < 4.78 is 0. The standard InChI is InChI=1S/Al.Co.Fe.Mn.Sc.3H. The van der Waals surface area contributed by atoms with Crippen molar-refractivity contribution in [3.05, 3.63) is 0 Å². The molecule has 5 heavy (non-hydrogen) atoms. The van der Waals surface area contributed by atoms with Crippen LogP contribution in [0.3, 0.4) is 0 Å². The van der Waals surface area contributed by atoms with Crippen LogP contribution in [0.1, 0.15) is 0 Å². The first-order chi connectivity index (χ1) is 0. The maximum absolute atomic E-state index is 0. The monoisotopic (exact) mass is 245 g/mol. The average molecular weight is 245 g/mol. The smallest absolute Gasteiger partial charge is 0 e. The minimum absolute atomic E-state index is 0. The van der Waals surface area contributed by atoms with E-state index in [2.05, 4.69) is 0 Å². The predicted octanol–water partition coefficient (Wildman–Crippen LogP) is -1.19. The molecular formula is H3AlCoFeMnSc. The molecule has 0 aromatic rings. The third-order valence-electron chi connectivity index (χ3n) is 0. The Morgan fingerprint density at radius 1 is 1.00 bits per heavy atom. The van der Waals surface area contributed by atoms with Crippen molar-refractivity contribution in [2.75, 3.05) is 0 Å². The van der Waals surface area contributed by atoms with E-state index in [1.807, 2.05) is 0 Å². The van der Waals surface area contributed by atoms with Crippen LogP contribution in [-0.2, 0) is 76.8 Å². The molecule has 0 amide bonds. The van der Waals surface area contributed by atoms with Gasteiger partial charge in [0.15, 0.2) is 17.4 Å². The van der Waals surface area contributed by atoms with Gasteiger partial charge < -0.3 is 0 Å². The van der Waals surface area contributed by atoms with Crippen LogP contribution in [0.4, 0.5) is 0 Å². The molecule has 0 unspecified atom stereocenters. The molecule has 0 aliphatic carbocycles. The second-order valence-corrected chi connectivity index (χ2v) is 0. The molecule has 0 aromatic carbocycles. The number of hydrogen-bond acceptors (Lipinski definition) is 0. The van der Waals surface area contributed by atoms with E-state index in [1.165, 1.54) is 0 Å². The normalized spacial score (nSPS) is 0. The average Bonchev–Trinajstić information content (AvgIpc) is 0. The van der Waals surface area contributed by atoms with Crippen LogP contribution >= 0.6 is 0 Å². The maximum atomic E-state index is 0. The zero-order valence-electron chi connectivity index (χ0n) is 1.64.